The Morgan fingerprint density at radius 1 is 0.960 bits per heavy atom. The third-order valence-electron chi connectivity index (χ3n) is 4.79. The minimum absolute atomic E-state index is 0.0200. The molecule has 0 spiro atoms. The van der Waals surface area contributed by atoms with Crippen molar-refractivity contribution in [2.45, 2.75) is 38.5 Å². The van der Waals surface area contributed by atoms with Gasteiger partial charge < -0.3 is 20.4 Å². The fourth-order valence-electron chi connectivity index (χ4n) is 3.36. The Morgan fingerprint density at radius 3 is 2.28 bits per heavy atom. The summed E-state index contributed by atoms with van der Waals surface area (Å²) >= 11 is 0. The molecule has 0 aliphatic carbocycles. The lowest BCUT2D eigenvalue weighted by Crippen LogP contribution is -2.43. The van der Waals surface area contributed by atoms with Gasteiger partial charge in [0.2, 0.25) is 5.91 Å². The topological polar surface area (TPSA) is 77.6 Å². The number of urea groups is 1. The smallest absolute Gasteiger partial charge is 0.319 e. The number of carbonyl (C=O) groups is 2. The minimum atomic E-state index is -0.377. The predicted octanol–water partition coefficient (Wildman–Crippen LogP) is 2.21. The standard InChI is InChI=1S/C18H27N5O2/c24-17(23-11-5-2-6-12-23)14-20-18(25)21-15-7-8-16(19-13-15)22-9-3-1-4-10-22/h7-8,13H,1-6,9-12,14H2,(H2,20,21,25). The molecule has 0 unspecified atom stereocenters. The van der Waals surface area contributed by atoms with Crippen LogP contribution >= 0.6 is 0 Å². The number of likely N-dealkylation sites (tertiary alicyclic amines) is 1. The van der Waals surface area contributed by atoms with Gasteiger partial charge in [0.15, 0.2) is 0 Å². The molecule has 0 radical (unpaired) electrons. The molecular formula is C18H27N5O2. The molecule has 2 N–H and O–H groups in total. The van der Waals surface area contributed by atoms with Gasteiger partial charge in [-0.3, -0.25) is 4.79 Å². The van der Waals surface area contributed by atoms with Crippen molar-refractivity contribution in [1.82, 2.24) is 15.2 Å². The van der Waals surface area contributed by atoms with E-state index >= 15 is 0 Å². The van der Waals surface area contributed by atoms with Crippen LogP contribution in [-0.2, 0) is 4.79 Å². The van der Waals surface area contributed by atoms with Crippen LogP contribution < -0.4 is 15.5 Å². The molecular weight excluding hydrogens is 318 g/mol. The summed E-state index contributed by atoms with van der Waals surface area (Å²) in [4.78, 5) is 32.5. The molecule has 136 valence electrons. The maximum absolute atomic E-state index is 12.0. The van der Waals surface area contributed by atoms with Gasteiger partial charge in [0.25, 0.3) is 0 Å². The molecule has 2 aliphatic rings. The maximum atomic E-state index is 12.0. The lowest BCUT2D eigenvalue weighted by atomic mass is 10.1. The zero-order chi connectivity index (χ0) is 17.5. The Labute approximate surface area is 148 Å². The van der Waals surface area contributed by atoms with Gasteiger partial charge in [-0.2, -0.15) is 0 Å². The van der Waals surface area contributed by atoms with Crippen LogP contribution in [0.25, 0.3) is 0 Å². The number of carbonyl (C=O) groups excluding carboxylic acids is 2. The highest BCUT2D eigenvalue weighted by Gasteiger charge is 2.17. The van der Waals surface area contributed by atoms with E-state index in [-0.39, 0.29) is 18.5 Å². The first kappa shape index (κ1) is 17.5. The van der Waals surface area contributed by atoms with E-state index in [2.05, 4.69) is 20.5 Å². The Morgan fingerprint density at radius 2 is 1.64 bits per heavy atom. The molecule has 0 aromatic carbocycles. The van der Waals surface area contributed by atoms with Gasteiger partial charge >= 0.3 is 6.03 Å². The fourth-order valence-corrected chi connectivity index (χ4v) is 3.36. The number of anilines is 2. The first-order chi connectivity index (χ1) is 12.2. The highest BCUT2D eigenvalue weighted by atomic mass is 16.2. The average Bonchev–Trinajstić information content (AvgIpc) is 2.68. The van der Waals surface area contributed by atoms with E-state index in [0.29, 0.717) is 5.69 Å². The van der Waals surface area contributed by atoms with Crippen molar-refractivity contribution in [1.29, 1.82) is 0 Å². The SMILES string of the molecule is O=C(NCC(=O)N1CCCCC1)Nc1ccc(N2CCCCC2)nc1. The summed E-state index contributed by atoms with van der Waals surface area (Å²) in [5.41, 5.74) is 0.628. The second kappa shape index (κ2) is 8.69. The molecule has 2 fully saturated rings. The zero-order valence-corrected chi connectivity index (χ0v) is 14.7. The van der Waals surface area contributed by atoms with Crippen molar-refractivity contribution in [3.8, 4) is 0 Å². The summed E-state index contributed by atoms with van der Waals surface area (Å²) in [5, 5.41) is 5.36. The molecule has 0 bridgehead atoms. The average molecular weight is 345 g/mol. The quantitative estimate of drug-likeness (QED) is 0.877. The van der Waals surface area contributed by atoms with Crippen LogP contribution in [0.15, 0.2) is 18.3 Å². The van der Waals surface area contributed by atoms with E-state index in [1.165, 1.54) is 25.7 Å². The van der Waals surface area contributed by atoms with Gasteiger partial charge in [-0.1, -0.05) is 0 Å². The van der Waals surface area contributed by atoms with Crippen LogP contribution in [0.1, 0.15) is 38.5 Å². The van der Waals surface area contributed by atoms with E-state index in [4.69, 9.17) is 0 Å². The second-order valence-electron chi connectivity index (χ2n) is 6.70. The molecule has 0 saturated carbocycles. The number of piperidine rings is 2. The van der Waals surface area contributed by atoms with Crippen molar-refractivity contribution < 1.29 is 9.59 Å². The highest BCUT2D eigenvalue weighted by molar-refractivity contribution is 5.92. The summed E-state index contributed by atoms with van der Waals surface area (Å²) in [6.45, 7) is 3.71. The summed E-state index contributed by atoms with van der Waals surface area (Å²) in [7, 11) is 0. The van der Waals surface area contributed by atoms with Gasteiger partial charge in [-0.25, -0.2) is 9.78 Å². The fraction of sp³-hybridized carbons (Fsp3) is 0.611. The van der Waals surface area contributed by atoms with Gasteiger partial charge in [0.1, 0.15) is 5.82 Å². The molecule has 3 heterocycles. The van der Waals surface area contributed by atoms with Crippen molar-refractivity contribution >= 4 is 23.4 Å². The number of pyridine rings is 1. The Balaban J connectivity index is 1.43. The molecule has 7 heteroatoms. The number of nitrogens with one attached hydrogen (secondary N) is 2. The van der Waals surface area contributed by atoms with Gasteiger partial charge in [-0.15, -0.1) is 0 Å². The second-order valence-corrected chi connectivity index (χ2v) is 6.70. The minimum Gasteiger partial charge on any atom is -0.357 e. The largest absolute Gasteiger partial charge is 0.357 e. The molecule has 7 nitrogen and oxygen atoms in total. The molecule has 1 aromatic heterocycles. The van der Waals surface area contributed by atoms with Crippen LogP contribution in [0.2, 0.25) is 0 Å². The first-order valence-corrected chi connectivity index (χ1v) is 9.26. The van der Waals surface area contributed by atoms with Crippen molar-refractivity contribution in [2.75, 3.05) is 42.9 Å². The normalized spacial score (nSPS) is 17.9. The number of amides is 3. The Bertz CT molecular complexity index is 578. The van der Waals surface area contributed by atoms with E-state index in [1.807, 2.05) is 17.0 Å². The monoisotopic (exact) mass is 345 g/mol. The van der Waals surface area contributed by atoms with Gasteiger partial charge in [0.05, 0.1) is 18.4 Å². The van der Waals surface area contributed by atoms with E-state index in [1.54, 1.807) is 6.20 Å². The van der Waals surface area contributed by atoms with Gasteiger partial charge in [-0.05, 0) is 50.7 Å². The van der Waals surface area contributed by atoms with Crippen LogP contribution in [0, 0.1) is 0 Å². The molecule has 1 aromatic rings. The zero-order valence-electron chi connectivity index (χ0n) is 14.7. The third kappa shape index (κ3) is 5.08. The van der Waals surface area contributed by atoms with Gasteiger partial charge in [0, 0.05) is 26.2 Å². The van der Waals surface area contributed by atoms with E-state index in [0.717, 1.165) is 44.8 Å². The lowest BCUT2D eigenvalue weighted by molar-refractivity contribution is -0.130. The third-order valence-corrected chi connectivity index (χ3v) is 4.79. The number of hydrogen-bond acceptors (Lipinski definition) is 4. The van der Waals surface area contributed by atoms with Crippen LogP contribution in [0.3, 0.4) is 0 Å². The van der Waals surface area contributed by atoms with E-state index < -0.39 is 0 Å². The highest BCUT2D eigenvalue weighted by Crippen LogP contribution is 2.18. The van der Waals surface area contributed by atoms with E-state index in [9.17, 15) is 9.59 Å². The Kier molecular flexibility index (Phi) is 6.09. The number of hydrogen-bond donors (Lipinski definition) is 2. The molecule has 0 atom stereocenters. The molecule has 3 amide bonds. The first-order valence-electron chi connectivity index (χ1n) is 9.26. The molecule has 2 saturated heterocycles. The Hall–Kier alpha value is -2.31. The maximum Gasteiger partial charge on any atom is 0.319 e. The lowest BCUT2D eigenvalue weighted by Gasteiger charge is -2.27. The van der Waals surface area contributed by atoms with Crippen LogP contribution in [0.5, 0.6) is 0 Å². The summed E-state index contributed by atoms with van der Waals surface area (Å²) in [6.07, 6.45) is 8.63. The number of nitrogens with zero attached hydrogens (tertiary/aromatic N) is 3. The summed E-state index contributed by atoms with van der Waals surface area (Å²) in [6, 6.07) is 3.40. The van der Waals surface area contributed by atoms with Crippen molar-refractivity contribution in [3.05, 3.63) is 18.3 Å². The summed E-state index contributed by atoms with van der Waals surface area (Å²) in [5.74, 6) is 0.930. The van der Waals surface area contributed by atoms with Crippen LogP contribution in [-0.4, -0.2) is 54.5 Å². The molecule has 3 rings (SSSR count). The van der Waals surface area contributed by atoms with Crippen molar-refractivity contribution in [3.63, 3.8) is 0 Å². The van der Waals surface area contributed by atoms with Crippen molar-refractivity contribution in [2.24, 2.45) is 0 Å². The van der Waals surface area contributed by atoms with Crippen LogP contribution in [0.4, 0.5) is 16.3 Å². The molecule has 25 heavy (non-hydrogen) atoms. The summed E-state index contributed by atoms with van der Waals surface area (Å²) < 4.78 is 0. The number of rotatable bonds is 4. The predicted molar refractivity (Wildman–Crippen MR) is 97.8 cm³/mol. The number of aromatic nitrogens is 1. The molecule has 2 aliphatic heterocycles.